The first-order valence-electron chi connectivity index (χ1n) is 6.13. The minimum absolute atomic E-state index is 0.122. The van der Waals surface area contributed by atoms with Crippen molar-refractivity contribution in [2.24, 2.45) is 0 Å². The van der Waals surface area contributed by atoms with Gasteiger partial charge >= 0.3 is 5.69 Å². The van der Waals surface area contributed by atoms with E-state index in [2.05, 4.69) is 48.3 Å². The second kappa shape index (κ2) is 5.16. The van der Waals surface area contributed by atoms with Crippen molar-refractivity contribution in [3.8, 4) is 17.3 Å². The van der Waals surface area contributed by atoms with Crippen LogP contribution in [0.2, 0.25) is 0 Å². The van der Waals surface area contributed by atoms with Crippen molar-refractivity contribution in [2.45, 2.75) is 26.2 Å². The van der Waals surface area contributed by atoms with E-state index >= 15 is 0 Å². The summed E-state index contributed by atoms with van der Waals surface area (Å²) in [4.78, 5) is 14.1. The first-order valence-corrected chi connectivity index (χ1v) is 7.21. The second-order valence-corrected chi connectivity index (χ2v) is 6.74. The lowest BCUT2D eigenvalue weighted by Gasteiger charge is -2.24. The molecule has 0 aliphatic rings. The minimum atomic E-state index is -0.372. The number of ether oxygens (including phenoxy) is 1. The van der Waals surface area contributed by atoms with E-state index in [1.54, 1.807) is 7.11 Å². The number of aromatic hydroxyl groups is 1. The molecule has 2 aromatic rings. The van der Waals surface area contributed by atoms with Gasteiger partial charge < -0.3 is 9.84 Å². The summed E-state index contributed by atoms with van der Waals surface area (Å²) in [6.45, 7) is 6.26. The van der Waals surface area contributed by atoms with Crippen LogP contribution in [0.5, 0.6) is 11.6 Å². The van der Waals surface area contributed by atoms with Crippen molar-refractivity contribution < 1.29 is 9.84 Å². The van der Waals surface area contributed by atoms with E-state index in [1.807, 2.05) is 12.1 Å². The summed E-state index contributed by atoms with van der Waals surface area (Å²) < 4.78 is 7.77. The van der Waals surface area contributed by atoms with E-state index in [0.29, 0.717) is 5.69 Å². The molecule has 0 unspecified atom stereocenters. The molecule has 108 valence electrons. The smallest absolute Gasteiger partial charge is 0.332 e. The van der Waals surface area contributed by atoms with Gasteiger partial charge in [0.1, 0.15) is 5.75 Å². The van der Waals surface area contributed by atoms with Crippen molar-refractivity contribution in [3.05, 3.63) is 37.9 Å². The van der Waals surface area contributed by atoms with Crippen molar-refractivity contribution in [1.82, 2.24) is 9.55 Å². The Labute approximate surface area is 130 Å². The number of H-pyrrole nitrogens is 1. The summed E-state index contributed by atoms with van der Waals surface area (Å²) in [6.07, 6.45) is 1.37. The standard InChI is InChI=1S/C14H17IN2O3/c1-14(2,3)9-5-8(6-10(15)12(9)20-4)17-7-11(18)16-13(17)19/h5-7,18H,1-4H3,(H,16,19). The fraction of sp³-hybridized carbons (Fsp3) is 0.357. The molecule has 1 aromatic carbocycles. The molecule has 2 rings (SSSR count). The highest BCUT2D eigenvalue weighted by Gasteiger charge is 2.22. The predicted molar refractivity (Wildman–Crippen MR) is 86.0 cm³/mol. The van der Waals surface area contributed by atoms with Crippen molar-refractivity contribution in [2.75, 3.05) is 7.11 Å². The third-order valence-electron chi connectivity index (χ3n) is 3.02. The summed E-state index contributed by atoms with van der Waals surface area (Å²) in [5.41, 5.74) is 1.21. The highest BCUT2D eigenvalue weighted by Crippen LogP contribution is 2.36. The van der Waals surface area contributed by atoms with Gasteiger partial charge in [0, 0.05) is 5.56 Å². The molecular weight excluding hydrogens is 371 g/mol. The maximum atomic E-state index is 11.8. The van der Waals surface area contributed by atoms with Gasteiger partial charge in [0.05, 0.1) is 22.6 Å². The van der Waals surface area contributed by atoms with Crippen molar-refractivity contribution in [3.63, 3.8) is 0 Å². The molecule has 0 saturated carbocycles. The van der Waals surface area contributed by atoms with Crippen LogP contribution in [0.3, 0.4) is 0 Å². The average Bonchev–Trinajstić information content (AvgIpc) is 2.66. The second-order valence-electron chi connectivity index (χ2n) is 5.57. The molecule has 0 aliphatic heterocycles. The third-order valence-corrected chi connectivity index (χ3v) is 3.83. The van der Waals surface area contributed by atoms with E-state index in [-0.39, 0.29) is 17.0 Å². The molecule has 0 bridgehead atoms. The lowest BCUT2D eigenvalue weighted by Crippen LogP contribution is -2.18. The van der Waals surface area contributed by atoms with E-state index in [1.165, 1.54) is 10.8 Å². The number of nitrogens with one attached hydrogen (secondary N) is 1. The van der Waals surface area contributed by atoms with Gasteiger partial charge in [-0.25, -0.2) is 4.79 Å². The molecular formula is C14H17IN2O3. The van der Waals surface area contributed by atoms with Crippen LogP contribution in [0.25, 0.3) is 5.69 Å². The molecule has 0 aliphatic carbocycles. The molecule has 20 heavy (non-hydrogen) atoms. The van der Waals surface area contributed by atoms with Gasteiger partial charge in [-0.05, 0) is 40.1 Å². The average molecular weight is 388 g/mol. The largest absolute Gasteiger partial charge is 0.495 e. The van der Waals surface area contributed by atoms with Gasteiger partial charge in [0.25, 0.3) is 0 Å². The number of hydrogen-bond acceptors (Lipinski definition) is 3. The predicted octanol–water partition coefficient (Wildman–Crippen LogP) is 2.78. The monoisotopic (exact) mass is 388 g/mol. The maximum absolute atomic E-state index is 11.8. The first-order chi connectivity index (χ1) is 9.24. The number of hydrogen-bond donors (Lipinski definition) is 2. The number of benzene rings is 1. The molecule has 1 heterocycles. The number of aromatic amines is 1. The van der Waals surface area contributed by atoms with E-state index < -0.39 is 0 Å². The zero-order chi connectivity index (χ0) is 15.1. The van der Waals surface area contributed by atoms with Gasteiger partial charge in [-0.15, -0.1) is 0 Å². The Hall–Kier alpha value is -1.44. The Bertz CT molecular complexity index is 695. The molecule has 0 spiro atoms. The van der Waals surface area contributed by atoms with Crippen LogP contribution in [-0.2, 0) is 5.41 Å². The molecule has 0 amide bonds. The normalized spacial score (nSPS) is 11.7. The molecule has 5 nitrogen and oxygen atoms in total. The van der Waals surface area contributed by atoms with E-state index in [4.69, 9.17) is 4.74 Å². The Morgan fingerprint density at radius 1 is 1.35 bits per heavy atom. The van der Waals surface area contributed by atoms with Crippen LogP contribution in [0.1, 0.15) is 26.3 Å². The number of imidazole rings is 1. The zero-order valence-electron chi connectivity index (χ0n) is 11.8. The highest BCUT2D eigenvalue weighted by molar-refractivity contribution is 14.1. The first kappa shape index (κ1) is 15.0. The molecule has 0 saturated heterocycles. The molecule has 6 heteroatoms. The Kier molecular flexibility index (Phi) is 3.86. The lowest BCUT2D eigenvalue weighted by molar-refractivity contribution is 0.394. The number of rotatable bonds is 2. The molecule has 1 aromatic heterocycles. The number of methoxy groups -OCH3 is 1. The van der Waals surface area contributed by atoms with Crippen LogP contribution >= 0.6 is 22.6 Å². The molecule has 0 radical (unpaired) electrons. The lowest BCUT2D eigenvalue weighted by atomic mass is 9.86. The van der Waals surface area contributed by atoms with Gasteiger partial charge in [-0.1, -0.05) is 20.8 Å². The van der Waals surface area contributed by atoms with Crippen molar-refractivity contribution >= 4 is 22.6 Å². The zero-order valence-corrected chi connectivity index (χ0v) is 14.0. The quantitative estimate of drug-likeness (QED) is 0.778. The molecule has 2 N–H and O–H groups in total. The molecule has 0 fully saturated rings. The summed E-state index contributed by atoms with van der Waals surface area (Å²) in [5, 5.41) is 9.39. The summed E-state index contributed by atoms with van der Waals surface area (Å²) >= 11 is 2.18. The number of halogens is 1. The Balaban J connectivity index is 2.72. The summed E-state index contributed by atoms with van der Waals surface area (Å²) in [5.74, 6) is 0.660. The Morgan fingerprint density at radius 3 is 2.45 bits per heavy atom. The maximum Gasteiger partial charge on any atom is 0.332 e. The van der Waals surface area contributed by atoms with Crippen LogP contribution in [-0.4, -0.2) is 21.8 Å². The summed E-state index contributed by atoms with van der Waals surface area (Å²) in [6, 6.07) is 3.76. The van der Waals surface area contributed by atoms with Crippen LogP contribution in [0.15, 0.2) is 23.1 Å². The van der Waals surface area contributed by atoms with Gasteiger partial charge in [-0.3, -0.25) is 9.55 Å². The van der Waals surface area contributed by atoms with Crippen LogP contribution < -0.4 is 10.4 Å². The number of nitrogens with zero attached hydrogens (tertiary/aromatic N) is 1. The summed E-state index contributed by atoms with van der Waals surface area (Å²) in [7, 11) is 1.64. The van der Waals surface area contributed by atoms with Crippen LogP contribution in [0.4, 0.5) is 0 Å². The molecule has 0 atom stereocenters. The Morgan fingerprint density at radius 2 is 2.00 bits per heavy atom. The third kappa shape index (κ3) is 2.70. The highest BCUT2D eigenvalue weighted by atomic mass is 127. The fourth-order valence-electron chi connectivity index (χ4n) is 2.06. The van der Waals surface area contributed by atoms with Gasteiger partial charge in [0.15, 0.2) is 0 Å². The topological polar surface area (TPSA) is 67.2 Å². The fourth-order valence-corrected chi connectivity index (χ4v) is 2.89. The van der Waals surface area contributed by atoms with Gasteiger partial charge in [0.2, 0.25) is 5.88 Å². The van der Waals surface area contributed by atoms with E-state index in [0.717, 1.165) is 14.9 Å². The van der Waals surface area contributed by atoms with E-state index in [9.17, 15) is 9.90 Å². The number of aromatic nitrogens is 2. The SMILES string of the molecule is COc1c(I)cc(-n2cc(O)[nH]c2=O)cc1C(C)(C)C. The van der Waals surface area contributed by atoms with Crippen LogP contribution in [0, 0.1) is 3.57 Å². The minimum Gasteiger partial charge on any atom is -0.495 e. The van der Waals surface area contributed by atoms with Crippen molar-refractivity contribution in [1.29, 1.82) is 0 Å². The van der Waals surface area contributed by atoms with Gasteiger partial charge in [-0.2, -0.15) is 0 Å².